The Labute approximate surface area is 200 Å². The van der Waals surface area contributed by atoms with Gasteiger partial charge in [0.15, 0.2) is 6.54 Å². The minimum Gasteiger partial charge on any atom is -0.481 e. The highest BCUT2D eigenvalue weighted by molar-refractivity contribution is 7.22. The average molecular weight is 481 g/mol. The highest BCUT2D eigenvalue weighted by Gasteiger charge is 2.37. The van der Waals surface area contributed by atoms with Gasteiger partial charge >= 0.3 is 6.03 Å². The lowest BCUT2D eigenvalue weighted by molar-refractivity contribution is -0.130. The zero-order chi connectivity index (χ0) is 23.8. The molecular formula is C23H24N6O4S. The molecule has 5 rings (SSSR count). The van der Waals surface area contributed by atoms with Crippen molar-refractivity contribution in [3.05, 3.63) is 41.1 Å². The number of amides is 3. The number of rotatable bonds is 5. The Morgan fingerprint density at radius 3 is 2.71 bits per heavy atom. The molecule has 0 bridgehead atoms. The van der Waals surface area contributed by atoms with Crippen LogP contribution in [0.1, 0.15) is 18.4 Å². The number of thiophene rings is 1. The third-order valence-corrected chi connectivity index (χ3v) is 7.49. The summed E-state index contributed by atoms with van der Waals surface area (Å²) in [6.07, 6.45) is 4.89. The second-order valence-electron chi connectivity index (χ2n) is 8.46. The van der Waals surface area contributed by atoms with E-state index in [9.17, 15) is 14.5 Å². The minimum atomic E-state index is -0.344. The number of hydrogen-bond acceptors (Lipinski definition) is 8. The second kappa shape index (κ2) is 8.98. The molecule has 0 spiro atoms. The molecule has 0 atom stereocenters. The van der Waals surface area contributed by atoms with Gasteiger partial charge in [-0.2, -0.15) is 4.91 Å². The molecule has 0 unspecified atom stereocenters. The average Bonchev–Trinajstić information content (AvgIpc) is 3.30. The van der Waals surface area contributed by atoms with E-state index in [4.69, 9.17) is 4.74 Å². The van der Waals surface area contributed by atoms with E-state index < -0.39 is 0 Å². The summed E-state index contributed by atoms with van der Waals surface area (Å²) < 4.78 is 5.16. The second-order valence-corrected chi connectivity index (χ2v) is 9.49. The summed E-state index contributed by atoms with van der Waals surface area (Å²) in [7, 11) is 3.37. The smallest absolute Gasteiger partial charge is 0.324 e. The van der Waals surface area contributed by atoms with Gasteiger partial charge in [0.05, 0.1) is 19.3 Å². The fourth-order valence-electron chi connectivity index (χ4n) is 4.68. The summed E-state index contributed by atoms with van der Waals surface area (Å²) in [6.45, 7) is 1.12. The van der Waals surface area contributed by atoms with Crippen molar-refractivity contribution in [2.75, 3.05) is 38.7 Å². The van der Waals surface area contributed by atoms with Gasteiger partial charge in [-0.3, -0.25) is 9.69 Å². The van der Waals surface area contributed by atoms with Crippen LogP contribution in [-0.2, 0) is 11.3 Å². The summed E-state index contributed by atoms with van der Waals surface area (Å²) in [5, 5.41) is 3.66. The van der Waals surface area contributed by atoms with E-state index in [0.717, 1.165) is 31.9 Å². The van der Waals surface area contributed by atoms with E-state index >= 15 is 0 Å². The van der Waals surface area contributed by atoms with Crippen LogP contribution < -0.4 is 9.64 Å². The molecule has 2 aliphatic heterocycles. The minimum absolute atomic E-state index is 0.0566. The number of carbonyl (C=O) groups excluding carboxylic acids is 2. The number of pyridine rings is 2. The summed E-state index contributed by atoms with van der Waals surface area (Å²) in [4.78, 5) is 52.0. The number of likely N-dealkylation sites (tertiary alicyclic amines) is 1. The molecule has 3 amide bonds. The number of ether oxygens (including phenoxy) is 1. The van der Waals surface area contributed by atoms with Gasteiger partial charge in [-0.25, -0.2) is 14.8 Å². The number of nitrogens with zero attached hydrogens (tertiary/aromatic N) is 6. The molecule has 1 saturated heterocycles. The zero-order valence-electron chi connectivity index (χ0n) is 18.9. The maximum atomic E-state index is 13.4. The Morgan fingerprint density at radius 1 is 1.24 bits per heavy atom. The fourth-order valence-corrected chi connectivity index (χ4v) is 5.67. The Kier molecular flexibility index (Phi) is 5.86. The lowest BCUT2D eigenvalue weighted by Crippen LogP contribution is -2.54. The SMILES string of the molecule is COc1ccc(-c2cc3c4c(cnc3s2)CN(C)C(=O)N4C2CCN(C(=O)CN=O)CC2)cn1. The molecular weight excluding hydrogens is 456 g/mol. The van der Waals surface area contributed by atoms with E-state index in [1.165, 1.54) is 0 Å². The van der Waals surface area contributed by atoms with Gasteiger partial charge in [-0.1, -0.05) is 5.18 Å². The van der Waals surface area contributed by atoms with Gasteiger partial charge in [0, 0.05) is 66.0 Å². The lowest BCUT2D eigenvalue weighted by Gasteiger charge is -2.43. The number of fused-ring (bicyclic) bond motifs is 3. The van der Waals surface area contributed by atoms with Gasteiger partial charge in [0.25, 0.3) is 0 Å². The summed E-state index contributed by atoms with van der Waals surface area (Å²) >= 11 is 1.56. The zero-order valence-corrected chi connectivity index (χ0v) is 19.7. The number of urea groups is 1. The molecule has 0 N–H and O–H groups in total. The first-order chi connectivity index (χ1) is 16.5. The Balaban J connectivity index is 1.51. The van der Waals surface area contributed by atoms with Crippen LogP contribution in [0.25, 0.3) is 20.7 Å². The molecule has 2 aliphatic rings. The topological polar surface area (TPSA) is 108 Å². The lowest BCUT2D eigenvalue weighted by atomic mass is 9.99. The highest BCUT2D eigenvalue weighted by atomic mass is 32.1. The quantitative estimate of drug-likeness (QED) is 0.517. The van der Waals surface area contributed by atoms with Crippen LogP contribution in [0.2, 0.25) is 0 Å². The number of carbonyl (C=O) groups is 2. The molecule has 11 heteroatoms. The number of hydrogen-bond donors (Lipinski definition) is 0. The Bertz CT molecular complexity index is 1250. The molecule has 0 radical (unpaired) electrons. The molecule has 34 heavy (non-hydrogen) atoms. The van der Waals surface area contributed by atoms with Crippen molar-refractivity contribution < 1.29 is 14.3 Å². The molecule has 5 heterocycles. The third kappa shape index (κ3) is 3.85. The van der Waals surface area contributed by atoms with Crippen molar-refractivity contribution in [2.45, 2.75) is 25.4 Å². The van der Waals surface area contributed by atoms with Gasteiger partial charge in [-0.05, 0) is 25.0 Å². The van der Waals surface area contributed by atoms with Gasteiger partial charge in [0.1, 0.15) is 4.83 Å². The highest BCUT2D eigenvalue weighted by Crippen LogP contribution is 2.42. The van der Waals surface area contributed by atoms with Crippen molar-refractivity contribution in [2.24, 2.45) is 5.18 Å². The Hall–Kier alpha value is -3.60. The fraction of sp³-hybridized carbons (Fsp3) is 0.391. The first-order valence-corrected chi connectivity index (χ1v) is 11.8. The van der Waals surface area contributed by atoms with Crippen molar-refractivity contribution in [1.29, 1.82) is 0 Å². The van der Waals surface area contributed by atoms with E-state index in [2.05, 4.69) is 21.2 Å². The van der Waals surface area contributed by atoms with Gasteiger partial charge in [0.2, 0.25) is 11.8 Å². The number of aromatic nitrogens is 2. The van der Waals surface area contributed by atoms with Crippen LogP contribution in [0.15, 0.2) is 35.8 Å². The standard InChI is InChI=1S/C23H24N6O4S/c1-27-13-15-11-25-22-17(9-18(34-22)14-3-4-19(33-2)24-10-14)21(15)29(23(27)31)16-5-7-28(8-6-16)20(30)12-26-32/h3-4,9-11,16H,5-8,12-13H2,1-2H3. The van der Waals surface area contributed by atoms with E-state index in [1.807, 2.05) is 23.2 Å². The summed E-state index contributed by atoms with van der Waals surface area (Å²) in [5.74, 6) is 0.284. The summed E-state index contributed by atoms with van der Waals surface area (Å²) in [6, 6.07) is 5.75. The van der Waals surface area contributed by atoms with E-state index in [1.54, 1.807) is 41.5 Å². The normalized spacial score (nSPS) is 16.6. The van der Waals surface area contributed by atoms with Crippen molar-refractivity contribution >= 4 is 39.2 Å². The Morgan fingerprint density at radius 2 is 2.03 bits per heavy atom. The predicted molar refractivity (Wildman–Crippen MR) is 129 cm³/mol. The molecule has 3 aromatic rings. The van der Waals surface area contributed by atoms with E-state index in [0.29, 0.717) is 38.4 Å². The number of methoxy groups -OCH3 is 1. The van der Waals surface area contributed by atoms with Crippen LogP contribution in [0.3, 0.4) is 0 Å². The molecule has 1 fully saturated rings. The van der Waals surface area contributed by atoms with E-state index in [-0.39, 0.29) is 24.5 Å². The monoisotopic (exact) mass is 480 g/mol. The molecule has 0 aliphatic carbocycles. The number of anilines is 1. The predicted octanol–water partition coefficient (Wildman–Crippen LogP) is 3.50. The van der Waals surface area contributed by atoms with Crippen LogP contribution in [0.4, 0.5) is 10.5 Å². The number of piperidine rings is 1. The maximum Gasteiger partial charge on any atom is 0.324 e. The van der Waals surface area contributed by atoms with Crippen LogP contribution in [0.5, 0.6) is 5.88 Å². The van der Waals surface area contributed by atoms with Crippen LogP contribution >= 0.6 is 11.3 Å². The first kappa shape index (κ1) is 22.2. The molecule has 176 valence electrons. The largest absolute Gasteiger partial charge is 0.481 e. The van der Waals surface area contributed by atoms with Gasteiger partial charge in [-0.15, -0.1) is 11.3 Å². The van der Waals surface area contributed by atoms with Gasteiger partial charge < -0.3 is 14.5 Å². The third-order valence-electron chi connectivity index (χ3n) is 6.40. The molecule has 0 saturated carbocycles. The van der Waals surface area contributed by atoms with Crippen LogP contribution in [-0.4, -0.2) is 71.5 Å². The van der Waals surface area contributed by atoms with Crippen molar-refractivity contribution in [3.8, 4) is 16.3 Å². The van der Waals surface area contributed by atoms with Crippen LogP contribution in [0, 0.1) is 4.91 Å². The maximum absolute atomic E-state index is 13.4. The molecule has 3 aromatic heterocycles. The van der Waals surface area contributed by atoms with Crippen molar-refractivity contribution in [3.63, 3.8) is 0 Å². The number of nitroso groups, excluding NO2 is 1. The first-order valence-electron chi connectivity index (χ1n) is 11.0. The van der Waals surface area contributed by atoms with Crippen molar-refractivity contribution in [1.82, 2.24) is 19.8 Å². The molecule has 0 aromatic carbocycles. The molecule has 10 nitrogen and oxygen atoms in total. The summed E-state index contributed by atoms with van der Waals surface area (Å²) in [5.41, 5.74) is 2.85.